The lowest BCUT2D eigenvalue weighted by molar-refractivity contribution is -0.144. The number of fused-ring (bicyclic) bond motifs is 1. The number of halogens is 1. The second kappa shape index (κ2) is 9.55. The Hall–Kier alpha value is -1.11. The zero-order valence-corrected chi connectivity index (χ0v) is 16.2. The van der Waals surface area contributed by atoms with Crippen LogP contribution >= 0.6 is 23.7 Å². The largest absolute Gasteiger partial charge is 0.342 e. The molecule has 0 unspecified atom stereocenters. The van der Waals surface area contributed by atoms with Gasteiger partial charge in [-0.25, -0.2) is 0 Å². The maximum atomic E-state index is 12.5. The minimum absolute atomic E-state index is 0. The van der Waals surface area contributed by atoms with Crippen LogP contribution in [0.2, 0.25) is 0 Å². The summed E-state index contributed by atoms with van der Waals surface area (Å²) in [5.41, 5.74) is 5.60. The summed E-state index contributed by atoms with van der Waals surface area (Å²) in [5, 5.41) is 2.06. The van der Waals surface area contributed by atoms with Crippen LogP contribution < -0.4 is 5.73 Å². The number of rotatable bonds is 6. The van der Waals surface area contributed by atoms with Gasteiger partial charge < -0.3 is 15.5 Å². The van der Waals surface area contributed by atoms with Crippen LogP contribution in [-0.4, -0.2) is 53.8 Å². The molecule has 140 valence electrons. The Balaban J connectivity index is 0.00000225. The van der Waals surface area contributed by atoms with E-state index in [1.165, 1.54) is 4.88 Å². The van der Waals surface area contributed by atoms with Gasteiger partial charge in [-0.05, 0) is 49.6 Å². The highest BCUT2D eigenvalue weighted by atomic mass is 35.5. The number of hydrogen-bond acceptors (Lipinski definition) is 4. The number of hydrogen-bond donors (Lipinski definition) is 1. The highest BCUT2D eigenvalue weighted by Crippen LogP contribution is 2.31. The van der Waals surface area contributed by atoms with Gasteiger partial charge in [0.15, 0.2) is 0 Å². The number of nitrogens with two attached hydrogens (primary N) is 1. The molecule has 0 radical (unpaired) electrons. The highest BCUT2D eigenvalue weighted by Gasteiger charge is 2.39. The fourth-order valence-electron chi connectivity index (χ4n) is 3.97. The van der Waals surface area contributed by atoms with Crippen molar-refractivity contribution in [3.8, 4) is 0 Å². The number of likely N-dealkylation sites (tertiary alicyclic amines) is 2. The Morgan fingerprint density at radius 2 is 2.20 bits per heavy atom. The number of nitrogens with zero attached hydrogens (tertiary/aromatic N) is 2. The lowest BCUT2D eigenvalue weighted by Crippen LogP contribution is -2.57. The minimum atomic E-state index is 0. The van der Waals surface area contributed by atoms with Crippen LogP contribution in [0.1, 0.15) is 37.0 Å². The van der Waals surface area contributed by atoms with Gasteiger partial charge in [0.1, 0.15) is 0 Å². The Morgan fingerprint density at radius 3 is 2.92 bits per heavy atom. The summed E-state index contributed by atoms with van der Waals surface area (Å²) >= 11 is 1.71. The molecular weight excluding hydrogens is 358 g/mol. The Bertz CT molecular complexity index is 567. The Morgan fingerprint density at radius 1 is 1.36 bits per heavy atom. The van der Waals surface area contributed by atoms with E-state index in [1.807, 2.05) is 15.9 Å². The lowest BCUT2D eigenvalue weighted by atomic mass is 9.83. The second-order valence-electron chi connectivity index (χ2n) is 6.80. The van der Waals surface area contributed by atoms with Crippen LogP contribution in [0.5, 0.6) is 0 Å². The van der Waals surface area contributed by atoms with Crippen molar-refractivity contribution in [2.75, 3.05) is 26.2 Å². The third kappa shape index (κ3) is 4.96. The summed E-state index contributed by atoms with van der Waals surface area (Å²) < 4.78 is 0. The maximum Gasteiger partial charge on any atom is 0.222 e. The van der Waals surface area contributed by atoms with Crippen LogP contribution in [0, 0.1) is 5.92 Å². The standard InChI is InChI=1S/C18H27N3O2S.ClH/c19-9-2-10-21-16-8-11-20(13-14(16)4-6-18(21)23)17(22)7-5-15-3-1-12-24-15;/h1,3,12,14,16H,2,4-11,13,19H2;1H/t14-,16+;/m0./s1. The molecule has 2 fully saturated rings. The van der Waals surface area contributed by atoms with E-state index in [-0.39, 0.29) is 24.2 Å². The van der Waals surface area contributed by atoms with Gasteiger partial charge in [0.25, 0.3) is 0 Å². The first kappa shape index (κ1) is 20.2. The van der Waals surface area contributed by atoms with Gasteiger partial charge in [-0.2, -0.15) is 0 Å². The number of carbonyl (C=O) groups is 2. The average molecular weight is 386 g/mol. The van der Waals surface area contributed by atoms with Gasteiger partial charge in [-0.3, -0.25) is 9.59 Å². The molecule has 2 aliphatic rings. The van der Waals surface area contributed by atoms with Crippen LogP contribution in [0.15, 0.2) is 17.5 Å². The minimum Gasteiger partial charge on any atom is -0.342 e. The van der Waals surface area contributed by atoms with Gasteiger partial charge in [-0.15, -0.1) is 23.7 Å². The van der Waals surface area contributed by atoms with Crippen molar-refractivity contribution in [2.45, 2.75) is 44.6 Å². The molecule has 2 N–H and O–H groups in total. The summed E-state index contributed by atoms with van der Waals surface area (Å²) in [5.74, 6) is 0.953. The molecule has 2 amide bonds. The van der Waals surface area contributed by atoms with Crippen molar-refractivity contribution < 1.29 is 9.59 Å². The first-order valence-corrected chi connectivity index (χ1v) is 9.86. The van der Waals surface area contributed by atoms with E-state index in [2.05, 4.69) is 11.4 Å². The average Bonchev–Trinajstić information content (AvgIpc) is 3.12. The van der Waals surface area contributed by atoms with Crippen molar-refractivity contribution >= 4 is 35.6 Å². The quantitative estimate of drug-likeness (QED) is 0.816. The molecule has 0 saturated carbocycles. The molecule has 0 bridgehead atoms. The van der Waals surface area contributed by atoms with Gasteiger partial charge in [0.05, 0.1) is 0 Å². The van der Waals surface area contributed by atoms with Gasteiger partial charge in [0, 0.05) is 43.4 Å². The monoisotopic (exact) mass is 385 g/mol. The van der Waals surface area contributed by atoms with E-state index in [4.69, 9.17) is 5.73 Å². The fraction of sp³-hybridized carbons (Fsp3) is 0.667. The van der Waals surface area contributed by atoms with Gasteiger partial charge in [0.2, 0.25) is 11.8 Å². The van der Waals surface area contributed by atoms with Crippen molar-refractivity contribution in [3.05, 3.63) is 22.4 Å². The van der Waals surface area contributed by atoms with Gasteiger partial charge >= 0.3 is 0 Å². The Labute approximate surface area is 160 Å². The van der Waals surface area contributed by atoms with Crippen molar-refractivity contribution in [1.82, 2.24) is 9.80 Å². The zero-order valence-electron chi connectivity index (χ0n) is 14.6. The molecule has 2 saturated heterocycles. The smallest absolute Gasteiger partial charge is 0.222 e. The van der Waals surface area contributed by atoms with E-state index < -0.39 is 0 Å². The van der Waals surface area contributed by atoms with Crippen molar-refractivity contribution in [3.63, 3.8) is 0 Å². The summed E-state index contributed by atoms with van der Waals surface area (Å²) in [6, 6.07) is 4.43. The summed E-state index contributed by atoms with van der Waals surface area (Å²) in [4.78, 5) is 30.1. The van der Waals surface area contributed by atoms with Crippen LogP contribution in [0.3, 0.4) is 0 Å². The molecule has 3 heterocycles. The predicted octanol–water partition coefficient (Wildman–Crippen LogP) is 2.29. The topological polar surface area (TPSA) is 66.6 Å². The predicted molar refractivity (Wildman–Crippen MR) is 103 cm³/mol. The van der Waals surface area contributed by atoms with E-state index in [0.29, 0.717) is 31.3 Å². The summed E-state index contributed by atoms with van der Waals surface area (Å²) in [6.07, 6.45) is 4.72. The molecule has 3 rings (SSSR count). The molecule has 25 heavy (non-hydrogen) atoms. The van der Waals surface area contributed by atoms with E-state index in [1.54, 1.807) is 11.3 Å². The third-order valence-corrected chi connectivity index (χ3v) is 6.20. The van der Waals surface area contributed by atoms with Crippen molar-refractivity contribution in [2.24, 2.45) is 11.7 Å². The molecule has 0 spiro atoms. The molecule has 0 aliphatic carbocycles. The molecule has 1 aromatic heterocycles. The molecule has 7 heteroatoms. The van der Waals surface area contributed by atoms with E-state index in [9.17, 15) is 9.59 Å². The molecule has 5 nitrogen and oxygen atoms in total. The number of carbonyl (C=O) groups excluding carboxylic acids is 2. The SMILES string of the molecule is Cl.NCCCN1C(=O)CC[C@H]2CN(C(=O)CCc3cccs3)CC[C@H]21. The van der Waals surface area contributed by atoms with E-state index >= 15 is 0 Å². The second-order valence-corrected chi connectivity index (χ2v) is 7.84. The third-order valence-electron chi connectivity index (χ3n) is 5.26. The fourth-order valence-corrected chi connectivity index (χ4v) is 4.68. The lowest BCUT2D eigenvalue weighted by Gasteiger charge is -2.47. The highest BCUT2D eigenvalue weighted by molar-refractivity contribution is 7.09. The Kier molecular flexibility index (Phi) is 7.72. The van der Waals surface area contributed by atoms with Crippen LogP contribution in [0.4, 0.5) is 0 Å². The number of piperidine rings is 2. The molecule has 1 aromatic rings. The van der Waals surface area contributed by atoms with Crippen LogP contribution in [-0.2, 0) is 16.0 Å². The van der Waals surface area contributed by atoms with Gasteiger partial charge in [-0.1, -0.05) is 6.07 Å². The van der Waals surface area contributed by atoms with Crippen molar-refractivity contribution in [1.29, 1.82) is 0 Å². The first-order valence-electron chi connectivity index (χ1n) is 8.98. The van der Waals surface area contributed by atoms with Crippen LogP contribution in [0.25, 0.3) is 0 Å². The summed E-state index contributed by atoms with van der Waals surface area (Å²) in [7, 11) is 0. The number of aryl methyl sites for hydroxylation is 1. The molecule has 2 aliphatic heterocycles. The number of amides is 2. The normalized spacial score (nSPS) is 23.2. The first-order chi connectivity index (χ1) is 11.7. The number of thiophene rings is 1. The zero-order chi connectivity index (χ0) is 16.9. The summed E-state index contributed by atoms with van der Waals surface area (Å²) in [6.45, 7) is 2.97. The molecule has 2 atom stereocenters. The van der Waals surface area contributed by atoms with E-state index in [0.717, 1.165) is 45.3 Å². The maximum absolute atomic E-state index is 12.5. The molecular formula is C18H28ClN3O2S. The molecule has 0 aromatic carbocycles.